The van der Waals surface area contributed by atoms with Crippen LogP contribution in [0, 0.1) is 0 Å². The lowest BCUT2D eigenvalue weighted by molar-refractivity contribution is 0.102. The summed E-state index contributed by atoms with van der Waals surface area (Å²) in [6, 6.07) is 14.3. The summed E-state index contributed by atoms with van der Waals surface area (Å²) in [6.45, 7) is 0. The molecule has 3 aromatic rings. The molecule has 0 aliphatic rings. The standard InChI is InChI=1S/C18H14N4O3/c23-17(13-6-9-20-16(10-13)22-18(24)25)21-15-11-19-8-7-14(15)12-4-2-1-3-5-12/h1-11H,(H,20,22)(H,21,23)(H,24,25). The van der Waals surface area contributed by atoms with Gasteiger partial charge in [0.05, 0.1) is 11.9 Å². The molecule has 0 unspecified atom stereocenters. The molecule has 0 radical (unpaired) electrons. The molecule has 3 N–H and O–H groups in total. The van der Waals surface area contributed by atoms with Crippen LogP contribution in [0.5, 0.6) is 0 Å². The van der Waals surface area contributed by atoms with Crippen molar-refractivity contribution in [3.05, 3.63) is 72.7 Å². The third-order valence-electron chi connectivity index (χ3n) is 3.41. The van der Waals surface area contributed by atoms with Crippen molar-refractivity contribution in [3.8, 4) is 11.1 Å². The Bertz CT molecular complexity index is 913. The molecule has 0 spiro atoms. The molecule has 7 heteroatoms. The van der Waals surface area contributed by atoms with E-state index < -0.39 is 6.09 Å². The van der Waals surface area contributed by atoms with Gasteiger partial charge in [0.1, 0.15) is 5.82 Å². The molecule has 0 atom stereocenters. The molecule has 2 heterocycles. The van der Waals surface area contributed by atoms with Crippen molar-refractivity contribution in [2.45, 2.75) is 0 Å². The van der Waals surface area contributed by atoms with Gasteiger partial charge in [-0.25, -0.2) is 9.78 Å². The molecule has 0 aliphatic heterocycles. The molecular formula is C18H14N4O3. The van der Waals surface area contributed by atoms with E-state index in [1.807, 2.05) is 36.4 Å². The molecule has 0 fully saturated rings. The van der Waals surface area contributed by atoms with Crippen LogP contribution in [0.2, 0.25) is 0 Å². The van der Waals surface area contributed by atoms with E-state index in [2.05, 4.69) is 20.6 Å². The minimum atomic E-state index is -1.25. The SMILES string of the molecule is O=C(O)Nc1cc(C(=O)Nc2cnccc2-c2ccccc2)ccn1. The molecule has 0 saturated carbocycles. The number of pyridine rings is 2. The van der Waals surface area contributed by atoms with Crippen molar-refractivity contribution in [2.24, 2.45) is 0 Å². The lowest BCUT2D eigenvalue weighted by Crippen LogP contribution is -2.14. The van der Waals surface area contributed by atoms with Gasteiger partial charge in [0.25, 0.3) is 5.91 Å². The second-order valence-electron chi connectivity index (χ2n) is 5.10. The Morgan fingerprint density at radius 2 is 1.76 bits per heavy atom. The Morgan fingerprint density at radius 1 is 0.960 bits per heavy atom. The molecule has 25 heavy (non-hydrogen) atoms. The van der Waals surface area contributed by atoms with E-state index in [4.69, 9.17) is 5.11 Å². The Labute approximate surface area is 143 Å². The average Bonchev–Trinajstić information content (AvgIpc) is 2.62. The van der Waals surface area contributed by atoms with Crippen molar-refractivity contribution in [1.82, 2.24) is 9.97 Å². The van der Waals surface area contributed by atoms with E-state index in [-0.39, 0.29) is 17.3 Å². The van der Waals surface area contributed by atoms with Gasteiger partial charge in [-0.3, -0.25) is 15.1 Å². The average molecular weight is 334 g/mol. The zero-order valence-corrected chi connectivity index (χ0v) is 13.0. The Morgan fingerprint density at radius 3 is 2.52 bits per heavy atom. The highest BCUT2D eigenvalue weighted by molar-refractivity contribution is 6.06. The number of nitrogens with one attached hydrogen (secondary N) is 2. The first kappa shape index (κ1) is 16.1. The fraction of sp³-hybridized carbons (Fsp3) is 0. The smallest absolute Gasteiger partial charge is 0.410 e. The van der Waals surface area contributed by atoms with Crippen molar-refractivity contribution >= 4 is 23.5 Å². The van der Waals surface area contributed by atoms with Crippen molar-refractivity contribution in [1.29, 1.82) is 0 Å². The molecule has 0 aliphatic carbocycles. The van der Waals surface area contributed by atoms with Gasteiger partial charge in [0, 0.05) is 23.5 Å². The van der Waals surface area contributed by atoms with E-state index in [0.29, 0.717) is 5.69 Å². The molecule has 7 nitrogen and oxygen atoms in total. The Balaban J connectivity index is 1.86. The van der Waals surface area contributed by atoms with Crippen LogP contribution in [0.4, 0.5) is 16.3 Å². The number of benzene rings is 1. The molecule has 3 rings (SSSR count). The summed E-state index contributed by atoms with van der Waals surface area (Å²) >= 11 is 0. The van der Waals surface area contributed by atoms with E-state index >= 15 is 0 Å². The maximum atomic E-state index is 12.5. The first-order valence-corrected chi connectivity index (χ1v) is 7.40. The van der Waals surface area contributed by atoms with Gasteiger partial charge in [0.2, 0.25) is 0 Å². The number of rotatable bonds is 4. The number of nitrogens with zero attached hydrogens (tertiary/aromatic N) is 2. The molecule has 0 bridgehead atoms. The van der Waals surface area contributed by atoms with Crippen LogP contribution in [0.15, 0.2) is 67.1 Å². The van der Waals surface area contributed by atoms with Crippen molar-refractivity contribution in [3.63, 3.8) is 0 Å². The first-order valence-electron chi connectivity index (χ1n) is 7.40. The topological polar surface area (TPSA) is 104 Å². The number of hydrogen-bond acceptors (Lipinski definition) is 4. The summed E-state index contributed by atoms with van der Waals surface area (Å²) in [5.41, 5.74) is 2.62. The molecule has 2 aromatic heterocycles. The monoisotopic (exact) mass is 334 g/mol. The normalized spacial score (nSPS) is 10.1. The van der Waals surface area contributed by atoms with Crippen LogP contribution in [0.25, 0.3) is 11.1 Å². The second-order valence-corrected chi connectivity index (χ2v) is 5.10. The third kappa shape index (κ3) is 3.97. The van der Waals surface area contributed by atoms with Gasteiger partial charge in [-0.05, 0) is 23.8 Å². The minimum absolute atomic E-state index is 0.0784. The number of carboxylic acid groups (broad SMARTS) is 1. The Kier molecular flexibility index (Phi) is 4.66. The summed E-state index contributed by atoms with van der Waals surface area (Å²) in [7, 11) is 0. The number of hydrogen-bond donors (Lipinski definition) is 3. The quantitative estimate of drug-likeness (QED) is 0.677. The zero-order valence-electron chi connectivity index (χ0n) is 13.0. The third-order valence-corrected chi connectivity index (χ3v) is 3.41. The van der Waals surface area contributed by atoms with Gasteiger partial charge >= 0.3 is 6.09 Å². The van der Waals surface area contributed by atoms with E-state index in [1.54, 1.807) is 12.4 Å². The van der Waals surface area contributed by atoms with Gasteiger partial charge in [-0.15, -0.1) is 0 Å². The summed E-state index contributed by atoms with van der Waals surface area (Å²) in [5, 5.41) is 13.6. The van der Waals surface area contributed by atoms with Crippen LogP contribution < -0.4 is 10.6 Å². The highest BCUT2D eigenvalue weighted by Crippen LogP contribution is 2.27. The van der Waals surface area contributed by atoms with Gasteiger partial charge in [-0.2, -0.15) is 0 Å². The van der Waals surface area contributed by atoms with E-state index in [1.165, 1.54) is 18.3 Å². The fourth-order valence-corrected chi connectivity index (χ4v) is 2.31. The van der Waals surface area contributed by atoms with Crippen LogP contribution in [-0.2, 0) is 0 Å². The second kappa shape index (κ2) is 7.22. The molecule has 2 amide bonds. The summed E-state index contributed by atoms with van der Waals surface area (Å²) < 4.78 is 0. The molecule has 1 aromatic carbocycles. The van der Waals surface area contributed by atoms with Gasteiger partial charge < -0.3 is 10.4 Å². The van der Waals surface area contributed by atoms with Crippen LogP contribution in [0.1, 0.15) is 10.4 Å². The predicted octanol–water partition coefficient (Wildman–Crippen LogP) is 3.49. The van der Waals surface area contributed by atoms with Crippen LogP contribution >= 0.6 is 0 Å². The zero-order chi connectivity index (χ0) is 17.6. The van der Waals surface area contributed by atoms with Crippen LogP contribution in [-0.4, -0.2) is 27.1 Å². The number of aromatic nitrogens is 2. The fourth-order valence-electron chi connectivity index (χ4n) is 2.31. The molecule has 124 valence electrons. The number of carbonyl (C=O) groups excluding carboxylic acids is 1. The lowest BCUT2D eigenvalue weighted by Gasteiger charge is -2.11. The maximum absolute atomic E-state index is 12.5. The summed E-state index contributed by atoms with van der Waals surface area (Å²) in [5.74, 6) is -0.310. The number of carbonyl (C=O) groups is 2. The lowest BCUT2D eigenvalue weighted by atomic mass is 10.1. The molecular weight excluding hydrogens is 320 g/mol. The Hall–Kier alpha value is -3.74. The van der Waals surface area contributed by atoms with Crippen molar-refractivity contribution < 1.29 is 14.7 Å². The van der Waals surface area contributed by atoms with Crippen LogP contribution in [0.3, 0.4) is 0 Å². The number of anilines is 2. The van der Waals surface area contributed by atoms with Gasteiger partial charge in [-0.1, -0.05) is 30.3 Å². The largest absolute Gasteiger partial charge is 0.465 e. The maximum Gasteiger partial charge on any atom is 0.410 e. The summed E-state index contributed by atoms with van der Waals surface area (Å²) in [6.07, 6.45) is 3.34. The van der Waals surface area contributed by atoms with E-state index in [9.17, 15) is 9.59 Å². The minimum Gasteiger partial charge on any atom is -0.465 e. The molecule has 0 saturated heterocycles. The first-order chi connectivity index (χ1) is 12.1. The highest BCUT2D eigenvalue weighted by atomic mass is 16.4. The van der Waals surface area contributed by atoms with E-state index in [0.717, 1.165) is 11.1 Å². The summed E-state index contributed by atoms with van der Waals surface area (Å²) in [4.78, 5) is 31.1. The number of amides is 2. The van der Waals surface area contributed by atoms with Gasteiger partial charge in [0.15, 0.2) is 0 Å². The predicted molar refractivity (Wildman–Crippen MR) is 93.5 cm³/mol. The van der Waals surface area contributed by atoms with Crippen molar-refractivity contribution in [2.75, 3.05) is 10.6 Å². The highest BCUT2D eigenvalue weighted by Gasteiger charge is 2.12.